The van der Waals surface area contributed by atoms with Crippen molar-refractivity contribution in [2.24, 2.45) is 0 Å². The van der Waals surface area contributed by atoms with Crippen LogP contribution in [0, 0.1) is 0 Å². The van der Waals surface area contributed by atoms with Gasteiger partial charge in [0.2, 0.25) is 0 Å². The second-order valence-electron chi connectivity index (χ2n) is 9.15. The monoisotopic (exact) mass is 491 g/mol. The largest absolute Gasteiger partial charge is 0.460 e. The lowest BCUT2D eigenvalue weighted by atomic mass is 10.0. The van der Waals surface area contributed by atoms with Gasteiger partial charge in [0, 0.05) is 6.92 Å². The predicted octanol–water partition coefficient (Wildman–Crippen LogP) is 7.43. The fourth-order valence-corrected chi connectivity index (χ4v) is 4.54. The van der Waals surface area contributed by atoms with Crippen molar-refractivity contribution in [3.05, 3.63) is 0 Å². The van der Waals surface area contributed by atoms with Gasteiger partial charge in [0.1, 0.15) is 6.10 Å². The Labute approximate surface area is 205 Å². The third kappa shape index (κ3) is 26.2. The second kappa shape index (κ2) is 26.3. The summed E-state index contributed by atoms with van der Waals surface area (Å²) in [5.41, 5.74) is 0. The van der Waals surface area contributed by atoms with E-state index in [0.717, 1.165) is 38.6 Å². The molecule has 0 aromatic rings. The topological polar surface area (TPSA) is 77.0 Å². The summed E-state index contributed by atoms with van der Waals surface area (Å²) in [6.07, 6.45) is 22.3. The van der Waals surface area contributed by atoms with Crippen LogP contribution in [0.25, 0.3) is 0 Å². The fraction of sp³-hybridized carbons (Fsp3) is 0.962. The van der Waals surface area contributed by atoms with Gasteiger partial charge in [0.15, 0.2) is 0 Å². The zero-order valence-corrected chi connectivity index (χ0v) is 22.8. The molecule has 0 aliphatic carbocycles. The van der Waals surface area contributed by atoms with Gasteiger partial charge in [-0.05, 0) is 39.3 Å². The molecule has 0 spiro atoms. The molecule has 0 heterocycles. The Kier molecular flexibility index (Phi) is 26.1. The molecular weight excluding hydrogens is 437 g/mol. The lowest BCUT2D eigenvalue weighted by Gasteiger charge is -2.18. The highest BCUT2D eigenvalue weighted by Crippen LogP contribution is 2.33. The van der Waals surface area contributed by atoms with E-state index in [1.165, 1.54) is 90.4 Å². The highest BCUT2D eigenvalue weighted by Gasteiger charge is 2.16. The maximum atomic E-state index is 11.4. The van der Waals surface area contributed by atoms with Crippen LogP contribution < -0.4 is 5.32 Å². The summed E-state index contributed by atoms with van der Waals surface area (Å²) in [6, 6.07) is 0. The molecule has 0 radical (unpaired) electrons. The van der Waals surface area contributed by atoms with Crippen molar-refractivity contribution in [1.29, 1.82) is 0 Å². The van der Waals surface area contributed by atoms with Crippen molar-refractivity contribution in [3.63, 3.8) is 0 Å². The first kappa shape index (κ1) is 32.7. The third-order valence-electron chi connectivity index (χ3n) is 5.86. The molecule has 0 aliphatic heterocycles. The molecule has 0 aliphatic rings. The summed E-state index contributed by atoms with van der Waals surface area (Å²) in [5, 5.41) is 3.08. The molecular formula is C26H54NO5P. The molecule has 0 amide bonds. The maximum Gasteiger partial charge on any atom is 0.329 e. The molecule has 0 aromatic heterocycles. The van der Waals surface area contributed by atoms with Crippen LogP contribution in [0.15, 0.2) is 0 Å². The Balaban J connectivity index is 3.61. The molecule has 0 rings (SSSR count). The van der Waals surface area contributed by atoms with Crippen LogP contribution >= 0.6 is 8.60 Å². The molecule has 0 bridgehead atoms. The van der Waals surface area contributed by atoms with Crippen LogP contribution in [0.3, 0.4) is 0 Å². The number of ether oxygens (including phenoxy) is 1. The summed E-state index contributed by atoms with van der Waals surface area (Å²) in [4.78, 5) is 21.2. The average molecular weight is 492 g/mol. The van der Waals surface area contributed by atoms with E-state index >= 15 is 0 Å². The molecule has 2 N–H and O–H groups in total. The first-order chi connectivity index (χ1) is 16.1. The van der Waals surface area contributed by atoms with Gasteiger partial charge < -0.3 is 24.0 Å². The van der Waals surface area contributed by atoms with Crippen molar-refractivity contribution in [3.8, 4) is 0 Å². The van der Waals surface area contributed by atoms with Crippen LogP contribution in [0.5, 0.6) is 0 Å². The number of hydrogen-bond donors (Lipinski definition) is 2. The molecule has 0 saturated carbocycles. The number of nitrogens with one attached hydrogen (secondary N) is 1. The van der Waals surface area contributed by atoms with E-state index in [4.69, 9.17) is 13.8 Å². The van der Waals surface area contributed by atoms with Gasteiger partial charge in [-0.3, -0.25) is 4.79 Å². The number of carbonyl (C=O) groups is 1. The van der Waals surface area contributed by atoms with E-state index in [2.05, 4.69) is 12.2 Å². The minimum atomic E-state index is -1.91. The molecule has 0 saturated heterocycles. The molecule has 6 nitrogen and oxygen atoms in total. The highest BCUT2D eigenvalue weighted by molar-refractivity contribution is 7.40. The summed E-state index contributed by atoms with van der Waals surface area (Å²) >= 11 is 0. The SMILES string of the molecule is CCCCCCCCCCCCCCCCCC(COP(O)OCCCCNC)OC(C)=O. The van der Waals surface area contributed by atoms with E-state index in [-0.39, 0.29) is 18.7 Å². The second-order valence-corrected chi connectivity index (χ2v) is 10.1. The number of carbonyl (C=O) groups excluding carboxylic acids is 1. The standard InChI is InChI=1S/C26H54NO5P/c1-4-5-6-7-8-9-10-11-12-13-14-15-16-17-18-21-26(32-25(2)28)24-31-33(29)30-23-20-19-22-27-3/h26-27,29H,4-24H2,1-3H3. The number of rotatable bonds is 26. The quantitative estimate of drug-likeness (QED) is 0.0744. The number of hydrogen-bond acceptors (Lipinski definition) is 6. The van der Waals surface area contributed by atoms with Crippen LogP contribution in [0.2, 0.25) is 0 Å². The summed E-state index contributed by atoms with van der Waals surface area (Å²) in [7, 11) is 0.00427. The molecule has 2 unspecified atom stereocenters. The number of unbranched alkanes of at least 4 members (excludes halogenated alkanes) is 15. The first-order valence-electron chi connectivity index (χ1n) is 13.7. The Morgan fingerprint density at radius 1 is 0.788 bits per heavy atom. The minimum absolute atomic E-state index is 0.191. The van der Waals surface area contributed by atoms with Gasteiger partial charge >= 0.3 is 14.6 Å². The molecule has 198 valence electrons. The van der Waals surface area contributed by atoms with Gasteiger partial charge in [-0.2, -0.15) is 0 Å². The van der Waals surface area contributed by atoms with E-state index in [1.54, 1.807) is 0 Å². The molecule has 7 heteroatoms. The zero-order chi connectivity index (χ0) is 24.4. The molecule has 33 heavy (non-hydrogen) atoms. The number of esters is 1. The van der Waals surface area contributed by atoms with Crippen LogP contribution in [0.1, 0.15) is 129 Å². The molecule has 2 atom stereocenters. The van der Waals surface area contributed by atoms with Gasteiger partial charge in [-0.25, -0.2) is 0 Å². The Bertz CT molecular complexity index is 414. The predicted molar refractivity (Wildman–Crippen MR) is 139 cm³/mol. The summed E-state index contributed by atoms with van der Waals surface area (Å²) in [5.74, 6) is -0.306. The van der Waals surface area contributed by atoms with Gasteiger partial charge in [-0.1, -0.05) is 96.8 Å². The average Bonchev–Trinajstić information content (AvgIpc) is 2.79. The van der Waals surface area contributed by atoms with Crippen LogP contribution in [0.4, 0.5) is 0 Å². The Morgan fingerprint density at radius 3 is 1.79 bits per heavy atom. The molecule has 0 fully saturated rings. The van der Waals surface area contributed by atoms with Gasteiger partial charge in [0.25, 0.3) is 0 Å². The zero-order valence-electron chi connectivity index (χ0n) is 22.0. The van der Waals surface area contributed by atoms with Crippen LogP contribution in [-0.2, 0) is 18.6 Å². The van der Waals surface area contributed by atoms with Crippen molar-refractivity contribution in [2.45, 2.75) is 136 Å². The summed E-state index contributed by atoms with van der Waals surface area (Å²) < 4.78 is 16.0. The van der Waals surface area contributed by atoms with E-state index in [1.807, 2.05) is 7.05 Å². The Morgan fingerprint density at radius 2 is 1.30 bits per heavy atom. The fourth-order valence-electron chi connectivity index (χ4n) is 3.88. The third-order valence-corrected chi connectivity index (χ3v) is 6.63. The maximum absolute atomic E-state index is 11.4. The van der Waals surface area contributed by atoms with Crippen molar-refractivity contribution in [2.75, 3.05) is 26.8 Å². The lowest BCUT2D eigenvalue weighted by molar-refractivity contribution is -0.148. The van der Waals surface area contributed by atoms with Gasteiger partial charge in [0.05, 0.1) is 13.2 Å². The minimum Gasteiger partial charge on any atom is -0.460 e. The van der Waals surface area contributed by atoms with Crippen molar-refractivity contribution in [1.82, 2.24) is 5.32 Å². The van der Waals surface area contributed by atoms with Crippen molar-refractivity contribution >= 4 is 14.6 Å². The van der Waals surface area contributed by atoms with Crippen LogP contribution in [-0.4, -0.2) is 43.8 Å². The normalized spacial score (nSPS) is 13.2. The van der Waals surface area contributed by atoms with E-state index in [9.17, 15) is 9.69 Å². The van der Waals surface area contributed by atoms with E-state index < -0.39 is 8.60 Å². The highest BCUT2D eigenvalue weighted by atomic mass is 31.2. The lowest BCUT2D eigenvalue weighted by Crippen LogP contribution is -2.21. The first-order valence-corrected chi connectivity index (χ1v) is 14.8. The van der Waals surface area contributed by atoms with E-state index in [0.29, 0.717) is 6.61 Å². The summed E-state index contributed by atoms with van der Waals surface area (Å²) in [6.45, 7) is 5.29. The molecule has 0 aromatic carbocycles. The smallest absolute Gasteiger partial charge is 0.329 e. The Hall–Kier alpha value is -0.260. The van der Waals surface area contributed by atoms with Gasteiger partial charge in [-0.15, -0.1) is 0 Å². The van der Waals surface area contributed by atoms with Crippen molar-refractivity contribution < 1.29 is 23.5 Å².